The lowest BCUT2D eigenvalue weighted by Crippen LogP contribution is -2.29. The van der Waals surface area contributed by atoms with Crippen molar-refractivity contribution in [3.63, 3.8) is 0 Å². The minimum atomic E-state index is 0.545. The van der Waals surface area contributed by atoms with Gasteiger partial charge in [-0.3, -0.25) is 0 Å². The highest BCUT2D eigenvalue weighted by atomic mass is 16.3. The maximum Gasteiger partial charge on any atom is 0.105 e. The average molecular weight is 165 g/mol. The summed E-state index contributed by atoms with van der Waals surface area (Å²) >= 11 is 0. The summed E-state index contributed by atoms with van der Waals surface area (Å²) in [6.07, 6.45) is 5.44. The van der Waals surface area contributed by atoms with Gasteiger partial charge in [0.05, 0.1) is 6.26 Å². The Morgan fingerprint density at radius 3 is 3.08 bits per heavy atom. The van der Waals surface area contributed by atoms with Crippen LogP contribution < -0.4 is 5.32 Å². The predicted molar refractivity (Wildman–Crippen MR) is 48.0 cm³/mol. The number of hydrogen-bond acceptors (Lipinski definition) is 2. The van der Waals surface area contributed by atoms with E-state index >= 15 is 0 Å². The lowest BCUT2D eigenvalue weighted by molar-refractivity contribution is 0.455. The van der Waals surface area contributed by atoms with Gasteiger partial charge in [-0.05, 0) is 31.9 Å². The van der Waals surface area contributed by atoms with E-state index in [9.17, 15) is 0 Å². The number of furan rings is 1. The van der Waals surface area contributed by atoms with Crippen LogP contribution in [0.25, 0.3) is 0 Å². The Morgan fingerprint density at radius 1 is 1.67 bits per heavy atom. The molecule has 2 heteroatoms. The van der Waals surface area contributed by atoms with Gasteiger partial charge in [-0.2, -0.15) is 0 Å². The van der Waals surface area contributed by atoms with Crippen molar-refractivity contribution in [3.8, 4) is 0 Å². The van der Waals surface area contributed by atoms with Crippen molar-refractivity contribution < 1.29 is 4.42 Å². The molecule has 0 radical (unpaired) electrons. The average Bonchev–Trinajstić information content (AvgIpc) is 2.66. The Morgan fingerprint density at radius 2 is 2.50 bits per heavy atom. The van der Waals surface area contributed by atoms with Gasteiger partial charge in [-0.25, -0.2) is 0 Å². The molecule has 0 aromatic carbocycles. The molecule has 1 aromatic heterocycles. The molecule has 66 valence electrons. The molecule has 1 aliphatic carbocycles. The van der Waals surface area contributed by atoms with Crippen LogP contribution >= 0.6 is 0 Å². The first-order chi connectivity index (χ1) is 5.84. The topological polar surface area (TPSA) is 25.2 Å². The molecule has 12 heavy (non-hydrogen) atoms. The number of rotatable bonds is 4. The van der Waals surface area contributed by atoms with Crippen molar-refractivity contribution in [2.45, 2.75) is 38.3 Å². The van der Waals surface area contributed by atoms with E-state index in [1.807, 2.05) is 12.1 Å². The van der Waals surface area contributed by atoms with Crippen LogP contribution in [0.1, 0.15) is 25.5 Å². The standard InChI is InChI=1S/C10H15NO/c1-8(11-9-4-5-9)7-10-3-2-6-12-10/h2-3,6,8-9,11H,4-5,7H2,1H3. The van der Waals surface area contributed by atoms with Crippen molar-refractivity contribution >= 4 is 0 Å². The van der Waals surface area contributed by atoms with Gasteiger partial charge in [-0.1, -0.05) is 0 Å². The van der Waals surface area contributed by atoms with Crippen LogP contribution in [0.15, 0.2) is 22.8 Å². The molecule has 1 fully saturated rings. The smallest absolute Gasteiger partial charge is 0.105 e. The third-order valence-electron chi connectivity index (χ3n) is 2.19. The molecule has 0 saturated heterocycles. The summed E-state index contributed by atoms with van der Waals surface area (Å²) in [4.78, 5) is 0. The fraction of sp³-hybridized carbons (Fsp3) is 0.600. The zero-order valence-electron chi connectivity index (χ0n) is 7.42. The molecular formula is C10H15NO. The molecule has 1 heterocycles. The highest BCUT2D eigenvalue weighted by Crippen LogP contribution is 2.20. The third-order valence-corrected chi connectivity index (χ3v) is 2.19. The summed E-state index contributed by atoms with van der Waals surface area (Å²) in [5, 5.41) is 3.53. The van der Waals surface area contributed by atoms with Crippen LogP contribution in [0, 0.1) is 0 Å². The highest BCUT2D eigenvalue weighted by Gasteiger charge is 2.22. The van der Waals surface area contributed by atoms with E-state index < -0.39 is 0 Å². The lowest BCUT2D eigenvalue weighted by atomic mass is 10.2. The summed E-state index contributed by atoms with van der Waals surface area (Å²) < 4.78 is 5.27. The fourth-order valence-corrected chi connectivity index (χ4v) is 1.44. The van der Waals surface area contributed by atoms with Gasteiger partial charge in [-0.15, -0.1) is 0 Å². The van der Waals surface area contributed by atoms with Crippen molar-refractivity contribution in [1.29, 1.82) is 0 Å². The first kappa shape index (κ1) is 7.87. The van der Waals surface area contributed by atoms with E-state index in [0.29, 0.717) is 6.04 Å². The normalized spacial score (nSPS) is 19.4. The minimum Gasteiger partial charge on any atom is -0.469 e. The molecule has 0 bridgehead atoms. The lowest BCUT2D eigenvalue weighted by Gasteiger charge is -2.10. The number of hydrogen-bond donors (Lipinski definition) is 1. The summed E-state index contributed by atoms with van der Waals surface area (Å²) in [5.74, 6) is 1.08. The van der Waals surface area contributed by atoms with Gasteiger partial charge in [0.15, 0.2) is 0 Å². The molecule has 1 N–H and O–H groups in total. The van der Waals surface area contributed by atoms with Gasteiger partial charge in [0.25, 0.3) is 0 Å². The fourth-order valence-electron chi connectivity index (χ4n) is 1.44. The Bertz CT molecular complexity index is 226. The van der Waals surface area contributed by atoms with Crippen molar-refractivity contribution in [1.82, 2.24) is 5.32 Å². The summed E-state index contributed by atoms with van der Waals surface area (Å²) in [6.45, 7) is 2.21. The predicted octanol–water partition coefficient (Wildman–Crippen LogP) is 1.96. The van der Waals surface area contributed by atoms with E-state index in [1.54, 1.807) is 6.26 Å². The van der Waals surface area contributed by atoms with Crippen LogP contribution in [-0.2, 0) is 6.42 Å². The molecule has 0 aliphatic heterocycles. The van der Waals surface area contributed by atoms with Crippen molar-refractivity contribution in [2.24, 2.45) is 0 Å². The quantitative estimate of drug-likeness (QED) is 0.737. The summed E-state index contributed by atoms with van der Waals surface area (Å²) in [5.41, 5.74) is 0. The zero-order valence-corrected chi connectivity index (χ0v) is 7.42. The van der Waals surface area contributed by atoms with Crippen LogP contribution in [0.3, 0.4) is 0 Å². The van der Waals surface area contributed by atoms with E-state index in [-0.39, 0.29) is 0 Å². The first-order valence-corrected chi connectivity index (χ1v) is 4.63. The van der Waals surface area contributed by atoms with Crippen LogP contribution in [0.2, 0.25) is 0 Å². The second-order valence-corrected chi connectivity index (χ2v) is 3.63. The molecule has 1 unspecified atom stereocenters. The van der Waals surface area contributed by atoms with Crippen molar-refractivity contribution in [3.05, 3.63) is 24.2 Å². The Kier molecular flexibility index (Phi) is 2.17. The molecular weight excluding hydrogens is 150 g/mol. The molecule has 1 saturated carbocycles. The third kappa shape index (κ3) is 2.11. The molecule has 1 atom stereocenters. The van der Waals surface area contributed by atoms with E-state index in [2.05, 4.69) is 12.2 Å². The molecule has 0 spiro atoms. The summed E-state index contributed by atoms with van der Waals surface area (Å²) in [6, 6.07) is 5.31. The van der Waals surface area contributed by atoms with Crippen LogP contribution in [0.5, 0.6) is 0 Å². The van der Waals surface area contributed by atoms with Gasteiger partial charge < -0.3 is 9.73 Å². The van der Waals surface area contributed by atoms with Gasteiger partial charge in [0, 0.05) is 18.5 Å². The second-order valence-electron chi connectivity index (χ2n) is 3.63. The maximum absolute atomic E-state index is 5.27. The second kappa shape index (κ2) is 3.31. The SMILES string of the molecule is CC(Cc1ccco1)NC1CC1. The molecule has 1 aliphatic rings. The van der Waals surface area contributed by atoms with E-state index in [4.69, 9.17) is 4.42 Å². The van der Waals surface area contributed by atoms with Gasteiger partial charge in [0.2, 0.25) is 0 Å². The zero-order chi connectivity index (χ0) is 8.39. The minimum absolute atomic E-state index is 0.545. The molecule has 2 nitrogen and oxygen atoms in total. The van der Waals surface area contributed by atoms with Crippen LogP contribution in [-0.4, -0.2) is 12.1 Å². The number of nitrogens with one attached hydrogen (secondary N) is 1. The molecule has 0 amide bonds. The van der Waals surface area contributed by atoms with E-state index in [1.165, 1.54) is 12.8 Å². The first-order valence-electron chi connectivity index (χ1n) is 4.63. The molecule has 2 rings (SSSR count). The highest BCUT2D eigenvalue weighted by molar-refractivity contribution is 5.00. The largest absolute Gasteiger partial charge is 0.469 e. The molecule has 1 aromatic rings. The monoisotopic (exact) mass is 165 g/mol. The summed E-state index contributed by atoms with van der Waals surface area (Å²) in [7, 11) is 0. The Labute approximate surface area is 73.0 Å². The van der Waals surface area contributed by atoms with Crippen LogP contribution in [0.4, 0.5) is 0 Å². The Hall–Kier alpha value is -0.760. The maximum atomic E-state index is 5.27. The van der Waals surface area contributed by atoms with Gasteiger partial charge >= 0.3 is 0 Å². The Balaban J connectivity index is 1.77. The van der Waals surface area contributed by atoms with E-state index in [0.717, 1.165) is 18.2 Å². The van der Waals surface area contributed by atoms with Gasteiger partial charge in [0.1, 0.15) is 5.76 Å². The van der Waals surface area contributed by atoms with Crippen molar-refractivity contribution in [2.75, 3.05) is 0 Å².